The lowest BCUT2D eigenvalue weighted by molar-refractivity contribution is -0.119. The number of halogens is 1. The molecule has 0 bridgehead atoms. The van der Waals surface area contributed by atoms with Crippen LogP contribution in [0.2, 0.25) is 5.02 Å². The number of hydrogen-bond acceptors (Lipinski definition) is 1. The number of nitrogens with zero attached hydrogens (tertiary/aromatic N) is 1. The van der Waals surface area contributed by atoms with Gasteiger partial charge in [-0.15, -0.1) is 0 Å². The molecule has 1 aliphatic heterocycles. The van der Waals surface area contributed by atoms with Crippen molar-refractivity contribution in [2.45, 2.75) is 19.3 Å². The number of likely N-dealkylation sites (N-methyl/N-ethyl adjacent to an activating group) is 1. The van der Waals surface area contributed by atoms with Crippen LogP contribution in [0.5, 0.6) is 0 Å². The van der Waals surface area contributed by atoms with Crippen molar-refractivity contribution in [2.24, 2.45) is 0 Å². The van der Waals surface area contributed by atoms with Crippen LogP contribution in [-0.2, 0) is 11.2 Å². The van der Waals surface area contributed by atoms with Crippen LogP contribution in [0.1, 0.15) is 24.0 Å². The van der Waals surface area contributed by atoms with E-state index in [0.717, 1.165) is 21.8 Å². The Morgan fingerprint density at radius 2 is 1.80 bits per heavy atom. The first-order valence-corrected chi connectivity index (χ1v) is 7.24. The molecule has 0 aliphatic carbocycles. The number of amides is 1. The maximum absolute atomic E-state index is 12.6. The molecule has 1 aliphatic rings. The minimum absolute atomic E-state index is 0.119. The minimum atomic E-state index is -0.119. The van der Waals surface area contributed by atoms with Gasteiger partial charge >= 0.3 is 0 Å². The van der Waals surface area contributed by atoms with Crippen molar-refractivity contribution in [3.63, 3.8) is 0 Å². The van der Waals surface area contributed by atoms with Crippen molar-refractivity contribution < 1.29 is 4.79 Å². The molecular weight excluding hydrogens is 270 g/mol. The zero-order valence-electron chi connectivity index (χ0n) is 11.3. The van der Waals surface area contributed by atoms with Gasteiger partial charge in [0, 0.05) is 17.3 Å². The molecule has 20 heavy (non-hydrogen) atoms. The Labute approximate surface area is 124 Å². The van der Waals surface area contributed by atoms with E-state index in [2.05, 4.69) is 0 Å². The van der Waals surface area contributed by atoms with Crippen molar-refractivity contribution in [1.82, 2.24) is 0 Å². The third-order valence-electron chi connectivity index (χ3n) is 3.87. The van der Waals surface area contributed by atoms with Gasteiger partial charge < -0.3 is 4.90 Å². The Morgan fingerprint density at radius 3 is 2.55 bits per heavy atom. The zero-order chi connectivity index (χ0) is 14.1. The maximum Gasteiger partial charge on any atom is 0.234 e. The molecule has 3 rings (SSSR count). The van der Waals surface area contributed by atoms with Gasteiger partial charge in [-0.3, -0.25) is 4.79 Å². The first kappa shape index (κ1) is 13.2. The number of benzene rings is 2. The first-order chi connectivity index (χ1) is 9.72. The quantitative estimate of drug-likeness (QED) is 0.834. The van der Waals surface area contributed by atoms with Crippen molar-refractivity contribution in [1.29, 1.82) is 0 Å². The van der Waals surface area contributed by atoms with Gasteiger partial charge in [0.15, 0.2) is 0 Å². The molecule has 0 N–H and O–H groups in total. The highest BCUT2D eigenvalue weighted by molar-refractivity contribution is 6.31. The number of fused-ring (bicyclic) bond motifs is 1. The normalized spacial score (nSPS) is 17.4. The van der Waals surface area contributed by atoms with Crippen LogP contribution in [-0.4, -0.2) is 12.5 Å². The summed E-state index contributed by atoms with van der Waals surface area (Å²) in [6, 6.07) is 15.8. The molecule has 2 nitrogen and oxygen atoms in total. The lowest BCUT2D eigenvalue weighted by atomic mass is 9.93. The fraction of sp³-hybridized carbons (Fsp3) is 0.235. The van der Waals surface area contributed by atoms with E-state index < -0.39 is 0 Å². The smallest absolute Gasteiger partial charge is 0.234 e. The number of rotatable bonds is 3. The summed E-state index contributed by atoms with van der Waals surface area (Å²) in [6.45, 7) is 2.71. The number of carbonyl (C=O) groups excluding carboxylic acids is 1. The lowest BCUT2D eigenvalue weighted by Crippen LogP contribution is -2.29. The van der Waals surface area contributed by atoms with Crippen molar-refractivity contribution in [2.75, 3.05) is 11.4 Å². The summed E-state index contributed by atoms with van der Waals surface area (Å²) in [7, 11) is 0. The summed E-state index contributed by atoms with van der Waals surface area (Å²) in [4.78, 5) is 14.4. The van der Waals surface area contributed by atoms with Crippen molar-refractivity contribution in [3.05, 3.63) is 64.7 Å². The van der Waals surface area contributed by atoms with Crippen LogP contribution in [0.25, 0.3) is 0 Å². The summed E-state index contributed by atoms with van der Waals surface area (Å²) in [6.07, 6.45) is 0.659. The van der Waals surface area contributed by atoms with Gasteiger partial charge in [-0.1, -0.05) is 48.0 Å². The summed E-state index contributed by atoms with van der Waals surface area (Å²) < 4.78 is 0. The summed E-state index contributed by atoms with van der Waals surface area (Å²) in [5, 5.41) is 0.729. The van der Waals surface area contributed by atoms with E-state index in [4.69, 9.17) is 11.6 Å². The second-order valence-electron chi connectivity index (χ2n) is 4.99. The Bertz CT molecular complexity index is 653. The topological polar surface area (TPSA) is 20.3 Å². The summed E-state index contributed by atoms with van der Waals surface area (Å²) >= 11 is 6.22. The Morgan fingerprint density at radius 1 is 1.10 bits per heavy atom. The molecule has 0 saturated heterocycles. The van der Waals surface area contributed by atoms with E-state index in [1.54, 1.807) is 0 Å². The molecule has 3 heteroatoms. The van der Waals surface area contributed by atoms with Gasteiger partial charge in [-0.05, 0) is 36.6 Å². The first-order valence-electron chi connectivity index (χ1n) is 6.86. The summed E-state index contributed by atoms with van der Waals surface area (Å²) in [5.74, 6) is 0.0552. The minimum Gasteiger partial charge on any atom is -0.312 e. The average Bonchev–Trinajstić information content (AvgIpc) is 2.74. The number of anilines is 1. The second kappa shape index (κ2) is 5.29. The Balaban J connectivity index is 1.98. The predicted molar refractivity (Wildman–Crippen MR) is 82.4 cm³/mol. The molecule has 1 atom stereocenters. The number of para-hydroxylation sites is 1. The molecule has 0 aromatic heterocycles. The number of hydrogen-bond donors (Lipinski definition) is 0. The van der Waals surface area contributed by atoms with Gasteiger partial charge in [0.25, 0.3) is 0 Å². The monoisotopic (exact) mass is 285 g/mol. The maximum atomic E-state index is 12.6. The van der Waals surface area contributed by atoms with E-state index in [9.17, 15) is 4.79 Å². The van der Waals surface area contributed by atoms with E-state index >= 15 is 0 Å². The van der Waals surface area contributed by atoms with Crippen molar-refractivity contribution in [3.8, 4) is 0 Å². The van der Waals surface area contributed by atoms with Gasteiger partial charge in [0.05, 0.1) is 5.92 Å². The average molecular weight is 286 g/mol. The predicted octanol–water partition coefficient (Wildman–Crippen LogP) is 4.03. The third-order valence-corrected chi connectivity index (χ3v) is 4.23. The van der Waals surface area contributed by atoms with Crippen LogP contribution in [0.4, 0.5) is 5.69 Å². The summed E-state index contributed by atoms with van der Waals surface area (Å²) in [5.41, 5.74) is 3.18. The van der Waals surface area contributed by atoms with Crippen LogP contribution in [0.15, 0.2) is 48.5 Å². The van der Waals surface area contributed by atoms with E-state index in [-0.39, 0.29) is 11.8 Å². The van der Waals surface area contributed by atoms with E-state index in [1.807, 2.05) is 60.4 Å². The fourth-order valence-electron chi connectivity index (χ4n) is 2.88. The van der Waals surface area contributed by atoms with Crippen molar-refractivity contribution >= 4 is 23.2 Å². The van der Waals surface area contributed by atoms with E-state index in [0.29, 0.717) is 13.0 Å². The Kier molecular flexibility index (Phi) is 3.49. The van der Waals surface area contributed by atoms with Gasteiger partial charge in [-0.2, -0.15) is 0 Å². The molecule has 0 spiro atoms. The number of carbonyl (C=O) groups is 1. The molecule has 0 fully saturated rings. The van der Waals surface area contributed by atoms with Crippen LogP contribution in [0.3, 0.4) is 0 Å². The molecule has 2 aromatic rings. The zero-order valence-corrected chi connectivity index (χ0v) is 12.1. The van der Waals surface area contributed by atoms with Gasteiger partial charge in [0.1, 0.15) is 0 Å². The highest BCUT2D eigenvalue weighted by Gasteiger charge is 2.36. The van der Waals surface area contributed by atoms with E-state index in [1.165, 1.54) is 0 Å². The second-order valence-corrected chi connectivity index (χ2v) is 5.40. The molecule has 102 valence electrons. The molecule has 1 unspecified atom stereocenters. The standard InChI is InChI=1S/C17H16ClNO/c1-2-19-16-10-6-4-8-13(16)14(17(19)20)11-12-7-3-5-9-15(12)18/h3-10,14H,2,11H2,1H3. The molecule has 0 radical (unpaired) electrons. The lowest BCUT2D eigenvalue weighted by Gasteiger charge is -2.15. The Hall–Kier alpha value is -1.80. The third kappa shape index (κ3) is 2.10. The molecule has 1 heterocycles. The molecular formula is C17H16ClNO. The van der Waals surface area contributed by atoms with Crippen LogP contribution < -0.4 is 4.90 Å². The fourth-order valence-corrected chi connectivity index (χ4v) is 3.09. The SMILES string of the molecule is CCN1C(=O)C(Cc2ccccc2Cl)c2ccccc21. The molecule has 1 amide bonds. The highest BCUT2D eigenvalue weighted by atomic mass is 35.5. The molecule has 0 saturated carbocycles. The van der Waals surface area contributed by atoms with Gasteiger partial charge in [-0.25, -0.2) is 0 Å². The van der Waals surface area contributed by atoms with Crippen LogP contribution >= 0.6 is 11.6 Å². The van der Waals surface area contributed by atoms with Gasteiger partial charge in [0.2, 0.25) is 5.91 Å². The van der Waals surface area contributed by atoms with Crippen LogP contribution in [0, 0.1) is 0 Å². The largest absolute Gasteiger partial charge is 0.312 e. The highest BCUT2D eigenvalue weighted by Crippen LogP contribution is 2.39. The molecule has 2 aromatic carbocycles.